The van der Waals surface area contributed by atoms with E-state index in [0.717, 1.165) is 56.4 Å². The normalized spacial score (nSPS) is 12.1. The molecule has 0 amide bonds. The Hall–Kier alpha value is -6.26. The molecule has 3 heterocycles. The van der Waals surface area contributed by atoms with E-state index in [2.05, 4.69) is 161 Å². The number of hydrogen-bond acceptors (Lipinski definition) is 2. The first-order valence-electron chi connectivity index (χ1n) is 16.0. The van der Waals surface area contributed by atoms with Gasteiger partial charge < -0.3 is 19.2 Å². The molecule has 222 valence electrons. The third-order valence-corrected chi connectivity index (χ3v) is 9.61. The average molecular weight is 604 g/mol. The number of aryl methyl sites for hydroxylation is 1. The van der Waals surface area contributed by atoms with E-state index in [1.807, 2.05) is 12.1 Å². The lowest BCUT2D eigenvalue weighted by atomic mass is 9.98. The molecule has 0 bridgehead atoms. The van der Waals surface area contributed by atoms with Crippen LogP contribution in [0.4, 0.5) is 11.4 Å². The van der Waals surface area contributed by atoms with Gasteiger partial charge in [0, 0.05) is 50.2 Å². The van der Waals surface area contributed by atoms with Gasteiger partial charge in [-0.1, -0.05) is 91.0 Å². The Morgan fingerprint density at radius 3 is 2.02 bits per heavy atom. The minimum Gasteiger partial charge on any atom is -0.453 e. The molecule has 10 rings (SSSR count). The maximum Gasteiger partial charge on any atom is 0.154 e. The number of ether oxygens (including phenoxy) is 1. The first kappa shape index (κ1) is 26.0. The fourth-order valence-electron chi connectivity index (χ4n) is 7.59. The topological polar surface area (TPSA) is 31.1 Å². The number of benzene rings is 7. The number of hydrogen-bond donors (Lipinski definition) is 1. The van der Waals surface area contributed by atoms with Crippen LogP contribution in [-0.4, -0.2) is 9.13 Å². The number of fused-ring (bicyclic) bond motifs is 9. The summed E-state index contributed by atoms with van der Waals surface area (Å²) in [7, 11) is 0. The van der Waals surface area contributed by atoms with Gasteiger partial charge in [-0.3, -0.25) is 0 Å². The summed E-state index contributed by atoms with van der Waals surface area (Å²) < 4.78 is 11.5. The highest BCUT2D eigenvalue weighted by atomic mass is 16.5. The number of anilines is 2. The average Bonchev–Trinajstić information content (AvgIpc) is 3.63. The smallest absolute Gasteiger partial charge is 0.154 e. The molecule has 7 aromatic carbocycles. The van der Waals surface area contributed by atoms with E-state index in [0.29, 0.717) is 0 Å². The van der Waals surface area contributed by atoms with Gasteiger partial charge in [-0.15, -0.1) is 0 Å². The number of para-hydroxylation sites is 5. The van der Waals surface area contributed by atoms with Crippen molar-refractivity contribution in [2.45, 2.75) is 6.92 Å². The van der Waals surface area contributed by atoms with Crippen molar-refractivity contribution in [1.29, 1.82) is 0 Å². The first-order valence-corrected chi connectivity index (χ1v) is 16.0. The molecular formula is C43H29N3O. The molecule has 4 nitrogen and oxygen atoms in total. The SMILES string of the molecule is Cc1ccccc1-c1cc(-n2c3ccccc3c3c4c5ccccc5n5c4c(cc32)Oc2ccccc2-5)ccc1Nc1ccccc1. The summed E-state index contributed by atoms with van der Waals surface area (Å²) in [6, 6.07) is 53.9. The van der Waals surface area contributed by atoms with Crippen molar-refractivity contribution >= 4 is 55.0 Å². The van der Waals surface area contributed by atoms with Crippen molar-refractivity contribution in [3.8, 4) is 34.0 Å². The van der Waals surface area contributed by atoms with Gasteiger partial charge in [0.1, 0.15) is 0 Å². The minimum atomic E-state index is 0.864. The third kappa shape index (κ3) is 3.76. The molecule has 0 atom stereocenters. The zero-order chi connectivity index (χ0) is 31.1. The van der Waals surface area contributed by atoms with Crippen LogP contribution >= 0.6 is 0 Å². The summed E-state index contributed by atoms with van der Waals surface area (Å²) in [4.78, 5) is 0. The van der Waals surface area contributed by atoms with Crippen molar-refractivity contribution in [2.24, 2.45) is 0 Å². The molecule has 0 fully saturated rings. The van der Waals surface area contributed by atoms with E-state index in [-0.39, 0.29) is 0 Å². The van der Waals surface area contributed by atoms with E-state index in [4.69, 9.17) is 4.74 Å². The second-order valence-electron chi connectivity index (χ2n) is 12.3. The summed E-state index contributed by atoms with van der Waals surface area (Å²) in [6.45, 7) is 2.18. The highest BCUT2D eigenvalue weighted by Crippen LogP contribution is 2.50. The molecule has 1 N–H and O–H groups in total. The van der Waals surface area contributed by atoms with E-state index in [1.165, 1.54) is 38.2 Å². The molecule has 0 spiro atoms. The Labute approximate surface area is 271 Å². The standard InChI is InChI=1S/C43H29N3O/c1-27-13-5-6-16-30(27)33-25-29(23-24-34(33)44-28-14-3-2-4-15-28)45-35-19-9-7-17-31(35)41-38(45)26-40-43-42(41)32-18-8-10-20-36(32)46(43)37-21-11-12-22-39(37)47-40/h2-26,44H,1H3. The van der Waals surface area contributed by atoms with Gasteiger partial charge >= 0.3 is 0 Å². The maximum atomic E-state index is 6.72. The molecular weight excluding hydrogens is 574 g/mol. The van der Waals surface area contributed by atoms with Crippen LogP contribution in [0.2, 0.25) is 0 Å². The van der Waals surface area contributed by atoms with Crippen LogP contribution in [0, 0.1) is 6.92 Å². The number of rotatable bonds is 4. The van der Waals surface area contributed by atoms with Crippen LogP contribution in [0.25, 0.3) is 66.1 Å². The summed E-state index contributed by atoms with van der Waals surface area (Å²) in [5.74, 6) is 1.73. The summed E-state index contributed by atoms with van der Waals surface area (Å²) in [5.41, 5.74) is 12.5. The summed E-state index contributed by atoms with van der Waals surface area (Å²) in [6.07, 6.45) is 0. The maximum absolute atomic E-state index is 6.72. The zero-order valence-electron chi connectivity index (χ0n) is 25.7. The quantitative estimate of drug-likeness (QED) is 0.217. The first-order chi connectivity index (χ1) is 23.2. The Kier molecular flexibility index (Phi) is 5.46. The molecule has 4 heteroatoms. The molecule has 0 aliphatic carbocycles. The van der Waals surface area contributed by atoms with Gasteiger partial charge in [0.25, 0.3) is 0 Å². The second kappa shape index (κ2) is 9.87. The van der Waals surface area contributed by atoms with Crippen LogP contribution in [0.3, 0.4) is 0 Å². The predicted octanol–water partition coefficient (Wildman–Crippen LogP) is 11.7. The molecule has 1 aliphatic heterocycles. The van der Waals surface area contributed by atoms with Gasteiger partial charge in [0.2, 0.25) is 0 Å². The largest absolute Gasteiger partial charge is 0.453 e. The second-order valence-corrected chi connectivity index (χ2v) is 12.3. The fraction of sp³-hybridized carbons (Fsp3) is 0.0233. The molecule has 0 unspecified atom stereocenters. The van der Waals surface area contributed by atoms with Gasteiger partial charge in [-0.2, -0.15) is 0 Å². The molecule has 9 aromatic rings. The Morgan fingerprint density at radius 1 is 0.511 bits per heavy atom. The molecule has 0 radical (unpaired) electrons. The van der Waals surface area contributed by atoms with Gasteiger partial charge in [0.15, 0.2) is 11.5 Å². The van der Waals surface area contributed by atoms with Crippen molar-refractivity contribution in [2.75, 3.05) is 5.32 Å². The number of nitrogens with zero attached hydrogens (tertiary/aromatic N) is 2. The predicted molar refractivity (Wildman–Crippen MR) is 195 cm³/mol. The lowest BCUT2D eigenvalue weighted by molar-refractivity contribution is 0.477. The van der Waals surface area contributed by atoms with Crippen molar-refractivity contribution in [3.05, 3.63) is 157 Å². The van der Waals surface area contributed by atoms with Crippen molar-refractivity contribution < 1.29 is 4.74 Å². The fourth-order valence-corrected chi connectivity index (χ4v) is 7.59. The van der Waals surface area contributed by atoms with Crippen molar-refractivity contribution in [3.63, 3.8) is 0 Å². The van der Waals surface area contributed by atoms with E-state index < -0.39 is 0 Å². The molecule has 1 aliphatic rings. The van der Waals surface area contributed by atoms with E-state index in [1.54, 1.807) is 0 Å². The highest BCUT2D eigenvalue weighted by Gasteiger charge is 2.28. The molecule has 0 saturated heterocycles. The van der Waals surface area contributed by atoms with Gasteiger partial charge in [-0.25, -0.2) is 0 Å². The number of nitrogens with one attached hydrogen (secondary N) is 1. The van der Waals surface area contributed by atoms with Crippen LogP contribution in [-0.2, 0) is 0 Å². The minimum absolute atomic E-state index is 0.864. The van der Waals surface area contributed by atoms with Crippen LogP contribution in [0.15, 0.2) is 152 Å². The number of aromatic nitrogens is 2. The molecule has 0 saturated carbocycles. The highest BCUT2D eigenvalue weighted by molar-refractivity contribution is 6.30. The van der Waals surface area contributed by atoms with E-state index in [9.17, 15) is 0 Å². The van der Waals surface area contributed by atoms with Crippen LogP contribution in [0.1, 0.15) is 5.56 Å². The zero-order valence-corrected chi connectivity index (χ0v) is 25.7. The van der Waals surface area contributed by atoms with Crippen LogP contribution < -0.4 is 10.1 Å². The summed E-state index contributed by atoms with van der Waals surface area (Å²) >= 11 is 0. The van der Waals surface area contributed by atoms with Crippen LogP contribution in [0.5, 0.6) is 11.5 Å². The lowest BCUT2D eigenvalue weighted by Gasteiger charge is -2.21. The lowest BCUT2D eigenvalue weighted by Crippen LogP contribution is -2.04. The van der Waals surface area contributed by atoms with Gasteiger partial charge in [0.05, 0.1) is 27.8 Å². The van der Waals surface area contributed by atoms with Crippen molar-refractivity contribution in [1.82, 2.24) is 9.13 Å². The Morgan fingerprint density at radius 2 is 1.19 bits per heavy atom. The Bertz CT molecular complexity index is 2700. The van der Waals surface area contributed by atoms with E-state index >= 15 is 0 Å². The summed E-state index contributed by atoms with van der Waals surface area (Å²) in [5, 5.41) is 8.60. The monoisotopic (exact) mass is 603 g/mol. The van der Waals surface area contributed by atoms with Gasteiger partial charge in [-0.05, 0) is 72.6 Å². The molecule has 47 heavy (non-hydrogen) atoms. The third-order valence-electron chi connectivity index (χ3n) is 9.61. The molecule has 2 aromatic heterocycles. The Balaban J connectivity index is 1.31.